The van der Waals surface area contributed by atoms with Crippen molar-refractivity contribution in [1.82, 2.24) is 19.7 Å². The third-order valence-electron chi connectivity index (χ3n) is 4.36. The summed E-state index contributed by atoms with van der Waals surface area (Å²) in [5.74, 6) is 0.700. The molecule has 2 aromatic rings. The number of aryl methyl sites for hydroxylation is 3. The Labute approximate surface area is 136 Å². The number of likely N-dealkylation sites (tertiary alicyclic amines) is 1. The minimum Gasteiger partial charge on any atom is -0.481 e. The van der Waals surface area contributed by atoms with Crippen LogP contribution in [-0.4, -0.2) is 39.2 Å². The molecule has 0 N–H and O–H groups in total. The van der Waals surface area contributed by atoms with Crippen LogP contribution in [0.4, 0.5) is 0 Å². The van der Waals surface area contributed by atoms with Gasteiger partial charge in [0.05, 0.1) is 24.4 Å². The molecule has 1 saturated heterocycles. The number of carbonyl (C=O) groups excluding carboxylic acids is 1. The first-order chi connectivity index (χ1) is 11.0. The zero-order valence-corrected chi connectivity index (χ0v) is 14.0. The molecule has 1 fully saturated rings. The monoisotopic (exact) mass is 314 g/mol. The summed E-state index contributed by atoms with van der Waals surface area (Å²) in [6.07, 6.45) is 1.89. The van der Waals surface area contributed by atoms with Crippen LogP contribution >= 0.6 is 0 Å². The molecule has 1 amide bonds. The second-order valence-corrected chi connectivity index (χ2v) is 5.95. The van der Waals surface area contributed by atoms with Crippen LogP contribution < -0.4 is 4.74 Å². The first-order valence-electron chi connectivity index (χ1n) is 7.85. The van der Waals surface area contributed by atoms with Gasteiger partial charge in [-0.15, -0.1) is 0 Å². The third kappa shape index (κ3) is 2.69. The molecule has 3 rings (SSSR count). The normalized spacial score (nSPS) is 17.6. The molecule has 6 heteroatoms. The summed E-state index contributed by atoms with van der Waals surface area (Å²) in [5, 5.41) is 4.45. The summed E-state index contributed by atoms with van der Waals surface area (Å²) in [6.45, 7) is 4.59. The van der Waals surface area contributed by atoms with Crippen molar-refractivity contribution in [3.63, 3.8) is 0 Å². The summed E-state index contributed by atoms with van der Waals surface area (Å²) in [7, 11) is 3.50. The molecule has 6 nitrogen and oxygen atoms in total. The second-order valence-electron chi connectivity index (χ2n) is 5.95. The van der Waals surface area contributed by atoms with Crippen LogP contribution in [0.5, 0.6) is 5.88 Å². The lowest BCUT2D eigenvalue weighted by Crippen LogP contribution is -2.31. The van der Waals surface area contributed by atoms with E-state index >= 15 is 0 Å². The molecule has 3 heterocycles. The Kier molecular flexibility index (Phi) is 4.07. The molecule has 0 saturated carbocycles. The van der Waals surface area contributed by atoms with Gasteiger partial charge in [-0.05, 0) is 38.8 Å². The molecule has 0 radical (unpaired) electrons. The van der Waals surface area contributed by atoms with Gasteiger partial charge in [-0.25, -0.2) is 9.67 Å². The maximum absolute atomic E-state index is 12.9. The van der Waals surface area contributed by atoms with Crippen molar-refractivity contribution in [2.75, 3.05) is 13.7 Å². The Bertz CT molecular complexity index is 738. The van der Waals surface area contributed by atoms with Crippen LogP contribution in [-0.2, 0) is 7.05 Å². The van der Waals surface area contributed by atoms with Crippen LogP contribution in [0.25, 0.3) is 0 Å². The van der Waals surface area contributed by atoms with Gasteiger partial charge in [-0.1, -0.05) is 6.07 Å². The first-order valence-corrected chi connectivity index (χ1v) is 7.85. The zero-order chi connectivity index (χ0) is 16.6. The van der Waals surface area contributed by atoms with Crippen molar-refractivity contribution >= 4 is 5.91 Å². The Morgan fingerprint density at radius 3 is 2.83 bits per heavy atom. The van der Waals surface area contributed by atoms with E-state index in [4.69, 9.17) is 4.74 Å². The van der Waals surface area contributed by atoms with Gasteiger partial charge in [-0.3, -0.25) is 4.79 Å². The van der Waals surface area contributed by atoms with Gasteiger partial charge in [0.2, 0.25) is 5.88 Å². The predicted molar refractivity (Wildman–Crippen MR) is 86.5 cm³/mol. The van der Waals surface area contributed by atoms with Gasteiger partial charge in [0.1, 0.15) is 5.69 Å². The topological polar surface area (TPSA) is 60.2 Å². The van der Waals surface area contributed by atoms with Crippen molar-refractivity contribution < 1.29 is 9.53 Å². The average molecular weight is 314 g/mol. The van der Waals surface area contributed by atoms with Crippen molar-refractivity contribution in [3.05, 3.63) is 40.8 Å². The standard InChI is InChI=1S/C17H22N4O2/c1-11-7-5-8-13(18-11)16(22)21-10-6-9-14(21)15-12(2)19-20(3)17(15)23-4/h5,7-8,14H,6,9-10H2,1-4H3/t14-/m0/s1. The SMILES string of the molecule is COc1c([C@@H]2CCCN2C(=O)c2cccc(C)n2)c(C)nn1C. The third-order valence-corrected chi connectivity index (χ3v) is 4.36. The summed E-state index contributed by atoms with van der Waals surface area (Å²) < 4.78 is 7.24. The van der Waals surface area contributed by atoms with Crippen molar-refractivity contribution in [1.29, 1.82) is 0 Å². The van der Waals surface area contributed by atoms with Gasteiger partial charge < -0.3 is 9.64 Å². The molecule has 0 spiro atoms. The van der Waals surface area contributed by atoms with Crippen LogP contribution in [0.2, 0.25) is 0 Å². The average Bonchev–Trinajstić information content (AvgIpc) is 3.09. The summed E-state index contributed by atoms with van der Waals surface area (Å²) in [6, 6.07) is 5.54. The fourth-order valence-electron chi connectivity index (χ4n) is 3.40. The van der Waals surface area contributed by atoms with E-state index in [1.807, 2.05) is 37.9 Å². The van der Waals surface area contributed by atoms with Crippen LogP contribution in [0.15, 0.2) is 18.2 Å². The van der Waals surface area contributed by atoms with E-state index in [-0.39, 0.29) is 11.9 Å². The number of rotatable bonds is 3. The molecule has 0 unspecified atom stereocenters. The number of ether oxygens (including phenoxy) is 1. The maximum atomic E-state index is 12.9. The van der Waals surface area contributed by atoms with E-state index in [0.29, 0.717) is 5.69 Å². The number of pyridine rings is 1. The lowest BCUT2D eigenvalue weighted by molar-refractivity contribution is 0.0727. The molecule has 0 aromatic carbocycles. The summed E-state index contributed by atoms with van der Waals surface area (Å²) in [5.41, 5.74) is 3.26. The number of nitrogens with zero attached hydrogens (tertiary/aromatic N) is 4. The highest BCUT2D eigenvalue weighted by atomic mass is 16.5. The fourth-order valence-corrected chi connectivity index (χ4v) is 3.40. The molecule has 0 aliphatic carbocycles. The van der Waals surface area contributed by atoms with Crippen LogP contribution in [0, 0.1) is 13.8 Å². The second kappa shape index (κ2) is 6.02. The largest absolute Gasteiger partial charge is 0.481 e. The Morgan fingerprint density at radius 2 is 2.13 bits per heavy atom. The van der Waals surface area contributed by atoms with Crippen LogP contribution in [0.1, 0.15) is 46.3 Å². The van der Waals surface area contributed by atoms with Crippen molar-refractivity contribution in [3.8, 4) is 5.88 Å². The molecule has 122 valence electrons. The summed E-state index contributed by atoms with van der Waals surface area (Å²) in [4.78, 5) is 19.2. The predicted octanol–water partition coefficient (Wildman–Crippen LogP) is 2.42. The lowest BCUT2D eigenvalue weighted by atomic mass is 10.0. The van der Waals surface area contributed by atoms with E-state index in [1.165, 1.54) is 0 Å². The van der Waals surface area contributed by atoms with E-state index < -0.39 is 0 Å². The molecular formula is C17H22N4O2. The van der Waals surface area contributed by atoms with E-state index in [2.05, 4.69) is 10.1 Å². The lowest BCUT2D eigenvalue weighted by Gasteiger charge is -2.25. The highest BCUT2D eigenvalue weighted by Crippen LogP contribution is 2.39. The van der Waals surface area contributed by atoms with Gasteiger partial charge in [-0.2, -0.15) is 5.10 Å². The van der Waals surface area contributed by atoms with Gasteiger partial charge in [0.15, 0.2) is 0 Å². The number of amides is 1. The molecule has 2 aromatic heterocycles. The minimum atomic E-state index is -0.0264. The Hall–Kier alpha value is -2.37. The highest BCUT2D eigenvalue weighted by molar-refractivity contribution is 5.92. The van der Waals surface area contributed by atoms with Gasteiger partial charge >= 0.3 is 0 Å². The summed E-state index contributed by atoms with van der Waals surface area (Å²) >= 11 is 0. The molecule has 1 atom stereocenters. The van der Waals surface area contributed by atoms with Crippen molar-refractivity contribution in [2.24, 2.45) is 7.05 Å². The number of hydrogen-bond donors (Lipinski definition) is 0. The highest BCUT2D eigenvalue weighted by Gasteiger charge is 2.35. The number of aromatic nitrogens is 3. The molecule has 1 aliphatic rings. The zero-order valence-electron chi connectivity index (χ0n) is 14.0. The molecule has 0 bridgehead atoms. The van der Waals surface area contributed by atoms with E-state index in [1.54, 1.807) is 17.9 Å². The smallest absolute Gasteiger partial charge is 0.272 e. The first kappa shape index (κ1) is 15.5. The number of hydrogen-bond acceptors (Lipinski definition) is 4. The molecular weight excluding hydrogens is 292 g/mol. The minimum absolute atomic E-state index is 0.00605. The number of methoxy groups -OCH3 is 1. The maximum Gasteiger partial charge on any atom is 0.272 e. The van der Waals surface area contributed by atoms with Gasteiger partial charge in [0, 0.05) is 19.3 Å². The van der Waals surface area contributed by atoms with E-state index in [0.717, 1.165) is 42.2 Å². The quantitative estimate of drug-likeness (QED) is 0.873. The molecule has 1 aliphatic heterocycles. The van der Waals surface area contributed by atoms with Crippen molar-refractivity contribution in [2.45, 2.75) is 32.7 Å². The molecule has 23 heavy (non-hydrogen) atoms. The Morgan fingerprint density at radius 1 is 1.35 bits per heavy atom. The number of carbonyl (C=O) groups is 1. The van der Waals surface area contributed by atoms with E-state index in [9.17, 15) is 4.79 Å². The fraction of sp³-hybridized carbons (Fsp3) is 0.471. The Balaban J connectivity index is 1.96. The van der Waals surface area contributed by atoms with Gasteiger partial charge in [0.25, 0.3) is 5.91 Å². The van der Waals surface area contributed by atoms with Crippen LogP contribution in [0.3, 0.4) is 0 Å².